The van der Waals surface area contributed by atoms with Gasteiger partial charge in [-0.15, -0.1) is 0 Å². The number of aliphatic imine (C=N–C) groups is 1. The van der Waals surface area contributed by atoms with Crippen molar-refractivity contribution in [2.75, 3.05) is 39.9 Å². The van der Waals surface area contributed by atoms with Gasteiger partial charge in [0, 0.05) is 26.2 Å². The van der Waals surface area contributed by atoms with Gasteiger partial charge < -0.3 is 19.7 Å². The van der Waals surface area contributed by atoms with Gasteiger partial charge in [0.1, 0.15) is 0 Å². The molecule has 6 heteroatoms. The Balaban J connectivity index is 2.55. The number of carbonyl (C=O) groups excluding carboxylic acids is 1. The average Bonchev–Trinajstić information content (AvgIpc) is 2.51. The third-order valence-corrected chi connectivity index (χ3v) is 3.60. The SMILES string of the molecule is CCNC(=NCC(C)C(=O)OC)N1CCC(OCC)CC1. The molecule has 0 radical (unpaired) electrons. The molecule has 0 spiro atoms. The molecule has 1 aliphatic rings. The molecule has 1 rings (SSSR count). The zero-order valence-corrected chi connectivity index (χ0v) is 13.7. The monoisotopic (exact) mass is 299 g/mol. The molecule has 1 unspecified atom stereocenters. The number of guanidine groups is 1. The molecule has 122 valence electrons. The molecule has 0 aromatic carbocycles. The van der Waals surface area contributed by atoms with E-state index in [1.807, 2.05) is 20.8 Å². The fourth-order valence-electron chi connectivity index (χ4n) is 2.39. The summed E-state index contributed by atoms with van der Waals surface area (Å²) in [7, 11) is 1.41. The predicted octanol–water partition coefficient (Wildman–Crippen LogP) is 1.26. The van der Waals surface area contributed by atoms with Gasteiger partial charge in [-0.3, -0.25) is 9.79 Å². The van der Waals surface area contributed by atoms with Gasteiger partial charge in [0.2, 0.25) is 0 Å². The van der Waals surface area contributed by atoms with Gasteiger partial charge in [0.25, 0.3) is 0 Å². The standard InChI is InChI=1S/C15H29N3O3/c1-5-16-15(17-11-12(3)14(19)20-4)18-9-7-13(8-10-18)21-6-2/h12-13H,5-11H2,1-4H3,(H,16,17). The fourth-order valence-corrected chi connectivity index (χ4v) is 2.39. The predicted molar refractivity (Wildman–Crippen MR) is 83.4 cm³/mol. The van der Waals surface area contributed by atoms with E-state index in [0.29, 0.717) is 12.6 Å². The Morgan fingerprint density at radius 1 is 1.38 bits per heavy atom. The molecule has 1 fully saturated rings. The second-order valence-electron chi connectivity index (χ2n) is 5.26. The summed E-state index contributed by atoms with van der Waals surface area (Å²) in [5, 5.41) is 3.29. The Kier molecular flexibility index (Phi) is 8.12. The number of rotatable bonds is 6. The fraction of sp³-hybridized carbons (Fsp3) is 0.867. The van der Waals surface area contributed by atoms with Gasteiger partial charge in [-0.25, -0.2) is 0 Å². The lowest BCUT2D eigenvalue weighted by Crippen LogP contribution is -2.47. The molecule has 6 nitrogen and oxygen atoms in total. The topological polar surface area (TPSA) is 63.2 Å². The number of carbonyl (C=O) groups is 1. The number of nitrogens with zero attached hydrogens (tertiary/aromatic N) is 2. The highest BCUT2D eigenvalue weighted by Crippen LogP contribution is 2.14. The van der Waals surface area contributed by atoms with E-state index in [4.69, 9.17) is 9.47 Å². The molecule has 21 heavy (non-hydrogen) atoms. The molecular formula is C15H29N3O3. The zero-order chi connectivity index (χ0) is 15.7. The van der Waals surface area contributed by atoms with Crippen LogP contribution in [0, 0.1) is 5.92 Å². The smallest absolute Gasteiger partial charge is 0.310 e. The summed E-state index contributed by atoms with van der Waals surface area (Å²) in [6.07, 6.45) is 2.40. The van der Waals surface area contributed by atoms with Crippen LogP contribution in [-0.2, 0) is 14.3 Å². The van der Waals surface area contributed by atoms with Crippen LogP contribution >= 0.6 is 0 Å². The van der Waals surface area contributed by atoms with Crippen LogP contribution in [0.1, 0.15) is 33.6 Å². The normalized spacial score (nSPS) is 18.5. The first kappa shape index (κ1) is 17.8. The molecule has 0 bridgehead atoms. The van der Waals surface area contributed by atoms with E-state index < -0.39 is 0 Å². The first-order valence-electron chi connectivity index (χ1n) is 7.85. The van der Waals surface area contributed by atoms with E-state index in [1.165, 1.54) is 7.11 Å². The van der Waals surface area contributed by atoms with Crippen molar-refractivity contribution in [3.05, 3.63) is 0 Å². The van der Waals surface area contributed by atoms with Gasteiger partial charge in [0.05, 0.1) is 25.7 Å². The lowest BCUT2D eigenvalue weighted by molar-refractivity contribution is -0.144. The Bertz CT molecular complexity index is 339. The van der Waals surface area contributed by atoms with Gasteiger partial charge in [0.15, 0.2) is 5.96 Å². The van der Waals surface area contributed by atoms with Gasteiger partial charge in [-0.05, 0) is 26.7 Å². The summed E-state index contributed by atoms with van der Waals surface area (Å²) in [6, 6.07) is 0. The second-order valence-corrected chi connectivity index (χ2v) is 5.26. The Morgan fingerprint density at radius 2 is 2.05 bits per heavy atom. The summed E-state index contributed by atoms with van der Waals surface area (Å²) in [4.78, 5) is 18.2. The van der Waals surface area contributed by atoms with Crippen molar-refractivity contribution >= 4 is 11.9 Å². The maximum Gasteiger partial charge on any atom is 0.310 e. The number of esters is 1. The molecule has 0 amide bonds. The van der Waals surface area contributed by atoms with Crippen molar-refractivity contribution in [1.82, 2.24) is 10.2 Å². The number of ether oxygens (including phenoxy) is 2. The molecule has 0 saturated carbocycles. The molecule has 0 aromatic rings. The van der Waals surface area contributed by atoms with Crippen LogP contribution in [0.2, 0.25) is 0 Å². The minimum Gasteiger partial charge on any atom is -0.469 e. The molecular weight excluding hydrogens is 270 g/mol. The van der Waals surface area contributed by atoms with E-state index in [0.717, 1.165) is 45.0 Å². The van der Waals surface area contributed by atoms with Crippen molar-refractivity contribution in [1.29, 1.82) is 0 Å². The maximum absolute atomic E-state index is 11.4. The number of methoxy groups -OCH3 is 1. The van der Waals surface area contributed by atoms with Crippen molar-refractivity contribution in [2.24, 2.45) is 10.9 Å². The largest absolute Gasteiger partial charge is 0.469 e. The molecule has 1 heterocycles. The lowest BCUT2D eigenvalue weighted by atomic mass is 10.1. The highest BCUT2D eigenvalue weighted by Gasteiger charge is 2.22. The number of nitrogens with one attached hydrogen (secondary N) is 1. The summed E-state index contributed by atoms with van der Waals surface area (Å²) >= 11 is 0. The Labute approximate surface area is 127 Å². The maximum atomic E-state index is 11.4. The van der Waals surface area contributed by atoms with Crippen LogP contribution < -0.4 is 5.32 Å². The highest BCUT2D eigenvalue weighted by atomic mass is 16.5. The van der Waals surface area contributed by atoms with Crippen molar-refractivity contribution in [2.45, 2.75) is 39.7 Å². The van der Waals surface area contributed by atoms with E-state index in [-0.39, 0.29) is 11.9 Å². The second kappa shape index (κ2) is 9.60. The van der Waals surface area contributed by atoms with Crippen LogP contribution in [0.3, 0.4) is 0 Å². The Morgan fingerprint density at radius 3 is 2.57 bits per heavy atom. The van der Waals surface area contributed by atoms with Crippen LogP contribution in [0.4, 0.5) is 0 Å². The van der Waals surface area contributed by atoms with Gasteiger partial charge in [-0.2, -0.15) is 0 Å². The van der Waals surface area contributed by atoms with Crippen molar-refractivity contribution < 1.29 is 14.3 Å². The molecule has 1 saturated heterocycles. The summed E-state index contributed by atoms with van der Waals surface area (Å²) in [6.45, 7) is 9.82. The summed E-state index contributed by atoms with van der Waals surface area (Å²) in [5.74, 6) is 0.442. The zero-order valence-electron chi connectivity index (χ0n) is 13.7. The van der Waals surface area contributed by atoms with Gasteiger partial charge >= 0.3 is 5.97 Å². The molecule has 0 aromatic heterocycles. The van der Waals surface area contributed by atoms with E-state index in [2.05, 4.69) is 15.2 Å². The molecule has 1 atom stereocenters. The van der Waals surface area contributed by atoms with Crippen LogP contribution in [0.15, 0.2) is 4.99 Å². The number of hydrogen-bond acceptors (Lipinski definition) is 4. The number of piperidine rings is 1. The van der Waals surface area contributed by atoms with Crippen molar-refractivity contribution in [3.63, 3.8) is 0 Å². The first-order chi connectivity index (χ1) is 10.1. The minimum absolute atomic E-state index is 0.218. The average molecular weight is 299 g/mol. The highest BCUT2D eigenvalue weighted by molar-refractivity contribution is 5.80. The summed E-state index contributed by atoms with van der Waals surface area (Å²) in [5.41, 5.74) is 0. The third kappa shape index (κ3) is 5.91. The van der Waals surface area contributed by atoms with Crippen LogP contribution in [-0.4, -0.2) is 62.8 Å². The minimum atomic E-state index is -0.218. The summed E-state index contributed by atoms with van der Waals surface area (Å²) < 4.78 is 10.4. The van der Waals surface area contributed by atoms with Crippen molar-refractivity contribution in [3.8, 4) is 0 Å². The molecule has 0 aliphatic carbocycles. The number of hydrogen-bond donors (Lipinski definition) is 1. The Hall–Kier alpha value is -1.30. The van der Waals surface area contributed by atoms with E-state index in [1.54, 1.807) is 0 Å². The first-order valence-corrected chi connectivity index (χ1v) is 7.85. The van der Waals surface area contributed by atoms with E-state index >= 15 is 0 Å². The molecule has 1 aliphatic heterocycles. The number of likely N-dealkylation sites (tertiary alicyclic amines) is 1. The quantitative estimate of drug-likeness (QED) is 0.454. The third-order valence-electron chi connectivity index (χ3n) is 3.60. The lowest BCUT2D eigenvalue weighted by Gasteiger charge is -2.34. The van der Waals surface area contributed by atoms with Gasteiger partial charge in [-0.1, -0.05) is 6.92 Å². The van der Waals surface area contributed by atoms with Crippen LogP contribution in [0.5, 0.6) is 0 Å². The molecule has 1 N–H and O–H groups in total. The van der Waals surface area contributed by atoms with E-state index in [9.17, 15) is 4.79 Å². The van der Waals surface area contributed by atoms with Crippen LogP contribution in [0.25, 0.3) is 0 Å².